The summed E-state index contributed by atoms with van der Waals surface area (Å²) in [4.78, 5) is 31.9. The molecule has 160 valence electrons. The number of carbonyl (C=O) groups is 2. The monoisotopic (exact) mass is 424 g/mol. The zero-order valence-electron chi connectivity index (χ0n) is 18.3. The van der Waals surface area contributed by atoms with E-state index in [-0.39, 0.29) is 36.4 Å². The molecule has 1 aromatic heterocycles. The molecule has 2 heterocycles. The molecule has 0 N–H and O–H groups in total. The highest BCUT2D eigenvalue weighted by atomic mass is 32.1. The number of hydrogen-bond donors (Lipinski definition) is 0. The summed E-state index contributed by atoms with van der Waals surface area (Å²) in [7, 11) is 0. The molecule has 1 fully saturated rings. The summed E-state index contributed by atoms with van der Waals surface area (Å²) < 4.78 is 0. The fraction of sp³-hybridized carbons (Fsp3) is 0.520. The SMILES string of the molecule is CC[C@@H](C)N(CC(=O)N1CCc2sccc2[C@@H]1c1ccccc1C)C(=O)C1CCC1. The largest absolute Gasteiger partial charge is 0.330 e. The van der Waals surface area contributed by atoms with Crippen molar-refractivity contribution in [1.29, 1.82) is 0 Å². The summed E-state index contributed by atoms with van der Waals surface area (Å²) in [6, 6.07) is 10.5. The number of rotatable bonds is 6. The van der Waals surface area contributed by atoms with Gasteiger partial charge in [-0.25, -0.2) is 0 Å². The maximum absolute atomic E-state index is 13.6. The van der Waals surface area contributed by atoms with Gasteiger partial charge in [-0.2, -0.15) is 0 Å². The van der Waals surface area contributed by atoms with Gasteiger partial charge in [0, 0.05) is 23.4 Å². The van der Waals surface area contributed by atoms with E-state index in [0.717, 1.165) is 32.1 Å². The molecule has 2 amide bonds. The summed E-state index contributed by atoms with van der Waals surface area (Å²) in [5, 5.41) is 2.13. The van der Waals surface area contributed by atoms with Crippen LogP contribution >= 0.6 is 11.3 Å². The lowest BCUT2D eigenvalue weighted by Gasteiger charge is -2.40. The van der Waals surface area contributed by atoms with Gasteiger partial charge in [0.05, 0.1) is 6.04 Å². The van der Waals surface area contributed by atoms with E-state index in [9.17, 15) is 9.59 Å². The molecule has 1 aliphatic heterocycles. The quantitative estimate of drug-likeness (QED) is 0.658. The van der Waals surface area contributed by atoms with Gasteiger partial charge in [0.15, 0.2) is 0 Å². The van der Waals surface area contributed by atoms with E-state index >= 15 is 0 Å². The van der Waals surface area contributed by atoms with Gasteiger partial charge in [-0.1, -0.05) is 37.6 Å². The van der Waals surface area contributed by atoms with Gasteiger partial charge >= 0.3 is 0 Å². The Morgan fingerprint density at radius 1 is 1.20 bits per heavy atom. The van der Waals surface area contributed by atoms with Crippen LogP contribution in [0.5, 0.6) is 0 Å². The Kier molecular flexibility index (Phi) is 6.28. The first-order valence-electron chi connectivity index (χ1n) is 11.2. The molecule has 1 saturated carbocycles. The van der Waals surface area contributed by atoms with E-state index in [1.165, 1.54) is 21.6 Å². The maximum Gasteiger partial charge on any atom is 0.243 e. The third-order valence-electron chi connectivity index (χ3n) is 6.94. The van der Waals surface area contributed by atoms with Crippen molar-refractivity contribution in [2.45, 2.75) is 65.0 Å². The molecule has 4 nitrogen and oxygen atoms in total. The van der Waals surface area contributed by atoms with Crippen LogP contribution in [0.25, 0.3) is 0 Å². The van der Waals surface area contributed by atoms with E-state index < -0.39 is 0 Å². The Morgan fingerprint density at radius 2 is 1.97 bits per heavy atom. The molecule has 0 spiro atoms. The minimum absolute atomic E-state index is 0.0630. The molecule has 0 saturated heterocycles. The number of aryl methyl sites for hydroxylation is 1. The second-order valence-corrected chi connectivity index (χ2v) is 9.75. The van der Waals surface area contributed by atoms with Gasteiger partial charge < -0.3 is 9.80 Å². The Hall–Kier alpha value is -2.14. The molecular weight excluding hydrogens is 392 g/mol. The van der Waals surface area contributed by atoms with Crippen LogP contribution in [0.15, 0.2) is 35.7 Å². The lowest BCUT2D eigenvalue weighted by molar-refractivity contribution is -0.147. The molecule has 2 aliphatic rings. The minimum atomic E-state index is -0.0636. The van der Waals surface area contributed by atoms with E-state index in [2.05, 4.69) is 50.4 Å². The Morgan fingerprint density at radius 3 is 2.63 bits per heavy atom. The lowest BCUT2D eigenvalue weighted by Crippen LogP contribution is -2.51. The van der Waals surface area contributed by atoms with Crippen LogP contribution in [0.4, 0.5) is 0 Å². The van der Waals surface area contributed by atoms with E-state index in [1.807, 2.05) is 15.9 Å². The summed E-state index contributed by atoms with van der Waals surface area (Å²) in [6.07, 6.45) is 4.81. The molecular formula is C25H32N2O2S. The molecule has 30 heavy (non-hydrogen) atoms. The fourth-order valence-corrected chi connectivity index (χ4v) is 5.52. The van der Waals surface area contributed by atoms with E-state index in [4.69, 9.17) is 0 Å². The number of nitrogens with zero attached hydrogens (tertiary/aromatic N) is 2. The highest BCUT2D eigenvalue weighted by Crippen LogP contribution is 2.39. The van der Waals surface area contributed by atoms with Gasteiger partial charge in [0.2, 0.25) is 11.8 Å². The number of carbonyl (C=O) groups excluding carboxylic acids is 2. The fourth-order valence-electron chi connectivity index (χ4n) is 4.61. The number of amides is 2. The second-order valence-electron chi connectivity index (χ2n) is 8.75. The number of benzene rings is 1. The topological polar surface area (TPSA) is 40.6 Å². The minimum Gasteiger partial charge on any atom is -0.330 e. The normalized spacial score (nSPS) is 19.7. The van der Waals surface area contributed by atoms with Crippen molar-refractivity contribution in [1.82, 2.24) is 9.80 Å². The second kappa shape index (κ2) is 8.93. The van der Waals surface area contributed by atoms with Crippen LogP contribution in [0.3, 0.4) is 0 Å². The van der Waals surface area contributed by atoms with Gasteiger partial charge in [0.1, 0.15) is 6.54 Å². The maximum atomic E-state index is 13.6. The van der Waals surface area contributed by atoms with Crippen LogP contribution in [0, 0.1) is 12.8 Å². The Labute approximate surface area is 183 Å². The Balaban J connectivity index is 1.62. The van der Waals surface area contributed by atoms with Crippen molar-refractivity contribution in [2.24, 2.45) is 5.92 Å². The van der Waals surface area contributed by atoms with Crippen molar-refractivity contribution in [3.63, 3.8) is 0 Å². The smallest absolute Gasteiger partial charge is 0.243 e. The molecule has 0 bridgehead atoms. The zero-order valence-corrected chi connectivity index (χ0v) is 19.1. The van der Waals surface area contributed by atoms with Gasteiger partial charge in [-0.3, -0.25) is 9.59 Å². The van der Waals surface area contributed by atoms with Crippen molar-refractivity contribution in [2.75, 3.05) is 13.1 Å². The van der Waals surface area contributed by atoms with Crippen molar-refractivity contribution >= 4 is 23.2 Å². The predicted molar refractivity (Wildman–Crippen MR) is 122 cm³/mol. The van der Waals surface area contributed by atoms with Gasteiger partial charge in [-0.05, 0) is 67.7 Å². The first-order chi connectivity index (χ1) is 14.5. The molecule has 0 radical (unpaired) electrons. The molecule has 1 aromatic carbocycles. The average molecular weight is 425 g/mol. The first-order valence-corrected chi connectivity index (χ1v) is 12.1. The van der Waals surface area contributed by atoms with Crippen LogP contribution in [-0.4, -0.2) is 40.7 Å². The van der Waals surface area contributed by atoms with Crippen LogP contribution in [0.1, 0.15) is 67.1 Å². The van der Waals surface area contributed by atoms with Crippen LogP contribution in [0.2, 0.25) is 0 Å². The lowest BCUT2D eigenvalue weighted by atomic mass is 9.84. The average Bonchev–Trinajstić information content (AvgIpc) is 3.18. The molecule has 1 aliphatic carbocycles. The summed E-state index contributed by atoms with van der Waals surface area (Å²) in [5.41, 5.74) is 3.63. The van der Waals surface area contributed by atoms with Gasteiger partial charge in [0.25, 0.3) is 0 Å². The van der Waals surface area contributed by atoms with Crippen molar-refractivity contribution < 1.29 is 9.59 Å². The zero-order chi connectivity index (χ0) is 21.3. The molecule has 2 aromatic rings. The summed E-state index contributed by atoms with van der Waals surface area (Å²) >= 11 is 1.78. The highest BCUT2D eigenvalue weighted by molar-refractivity contribution is 7.10. The molecule has 5 heteroatoms. The number of hydrogen-bond acceptors (Lipinski definition) is 3. The summed E-state index contributed by atoms with van der Waals surface area (Å²) in [6.45, 7) is 7.16. The molecule has 0 unspecified atom stereocenters. The van der Waals surface area contributed by atoms with Crippen LogP contribution in [-0.2, 0) is 16.0 Å². The summed E-state index contributed by atoms with van der Waals surface area (Å²) in [5.74, 6) is 0.349. The van der Waals surface area contributed by atoms with E-state index in [0.29, 0.717) is 6.54 Å². The third kappa shape index (κ3) is 3.92. The molecule has 4 rings (SSSR count). The third-order valence-corrected chi connectivity index (χ3v) is 7.93. The van der Waals surface area contributed by atoms with E-state index in [1.54, 1.807) is 11.3 Å². The number of thiophene rings is 1. The first kappa shape index (κ1) is 21.1. The van der Waals surface area contributed by atoms with Crippen molar-refractivity contribution in [3.8, 4) is 0 Å². The van der Waals surface area contributed by atoms with Crippen LogP contribution < -0.4 is 0 Å². The highest BCUT2D eigenvalue weighted by Gasteiger charge is 2.37. The van der Waals surface area contributed by atoms with Gasteiger partial charge in [-0.15, -0.1) is 11.3 Å². The Bertz CT molecular complexity index is 917. The predicted octanol–water partition coefficient (Wildman–Crippen LogP) is 4.96. The molecule has 2 atom stereocenters. The standard InChI is InChI=1S/C25H32N2O2S/c1-4-18(3)27(25(29)19-9-7-10-19)16-23(28)26-14-12-22-21(13-15-30-22)24(26)20-11-6-5-8-17(20)2/h5-6,8,11,13,15,18-19,24H,4,7,9-10,12,14,16H2,1-3H3/t18-,24+/m1/s1. The number of fused-ring (bicyclic) bond motifs is 1. The van der Waals surface area contributed by atoms with Crippen molar-refractivity contribution in [3.05, 3.63) is 57.3 Å².